The van der Waals surface area contributed by atoms with Gasteiger partial charge in [0.2, 0.25) is 0 Å². The molecule has 21 heavy (non-hydrogen) atoms. The van der Waals surface area contributed by atoms with Gasteiger partial charge in [0.1, 0.15) is 0 Å². The first-order valence-electron chi connectivity index (χ1n) is 8.07. The first-order chi connectivity index (χ1) is 10.2. The van der Waals surface area contributed by atoms with E-state index in [1.54, 1.807) is 4.90 Å². The van der Waals surface area contributed by atoms with Crippen LogP contribution >= 0.6 is 0 Å². The van der Waals surface area contributed by atoms with Crippen molar-refractivity contribution in [3.63, 3.8) is 0 Å². The largest absolute Gasteiger partial charge is 0.479 e. The number of carboxylic acid groups (broad SMARTS) is 1. The van der Waals surface area contributed by atoms with Crippen LogP contribution in [0.15, 0.2) is 0 Å². The molecule has 3 unspecified atom stereocenters. The molecule has 118 valence electrons. The summed E-state index contributed by atoms with van der Waals surface area (Å²) in [5.74, 6) is -0.338. The fourth-order valence-corrected chi connectivity index (χ4v) is 4.02. The molecule has 6 heteroatoms. The van der Waals surface area contributed by atoms with E-state index in [0.29, 0.717) is 25.1 Å². The predicted octanol–water partition coefficient (Wildman–Crippen LogP) is 1.55. The second-order valence-electron chi connectivity index (χ2n) is 6.37. The van der Waals surface area contributed by atoms with Crippen LogP contribution in [0, 0.1) is 5.92 Å². The minimum absolute atomic E-state index is 0.0150. The molecule has 1 aliphatic carbocycles. The van der Waals surface area contributed by atoms with Gasteiger partial charge in [-0.25, -0.2) is 9.59 Å². The number of carbonyl (C=O) groups excluding carboxylic acids is 1. The number of likely N-dealkylation sites (tertiary alicyclic amines) is 1. The van der Waals surface area contributed by atoms with Crippen LogP contribution in [0.4, 0.5) is 4.79 Å². The fraction of sp³-hybridized carbons (Fsp3) is 0.867. The van der Waals surface area contributed by atoms with Gasteiger partial charge >= 0.3 is 12.0 Å². The third-order valence-corrected chi connectivity index (χ3v) is 5.10. The van der Waals surface area contributed by atoms with Gasteiger partial charge in [0.05, 0.1) is 13.2 Å². The average Bonchev–Trinajstić information content (AvgIpc) is 2.53. The first-order valence-corrected chi connectivity index (χ1v) is 8.07. The van der Waals surface area contributed by atoms with Gasteiger partial charge in [-0.3, -0.25) is 0 Å². The van der Waals surface area contributed by atoms with Crippen molar-refractivity contribution in [2.45, 2.75) is 50.7 Å². The van der Waals surface area contributed by atoms with Crippen LogP contribution in [0.25, 0.3) is 0 Å². The number of carbonyl (C=O) groups is 2. The Hall–Kier alpha value is -1.30. The molecule has 0 aromatic rings. The van der Waals surface area contributed by atoms with Gasteiger partial charge in [0, 0.05) is 19.1 Å². The van der Waals surface area contributed by atoms with E-state index in [2.05, 4.69) is 0 Å². The Morgan fingerprint density at radius 1 is 1.05 bits per heavy atom. The Kier molecular flexibility index (Phi) is 4.33. The molecule has 2 saturated heterocycles. The maximum absolute atomic E-state index is 12.8. The number of carboxylic acids is 1. The lowest BCUT2D eigenvalue weighted by atomic mass is 9.78. The zero-order valence-corrected chi connectivity index (χ0v) is 12.4. The summed E-state index contributed by atoms with van der Waals surface area (Å²) in [4.78, 5) is 27.5. The minimum Gasteiger partial charge on any atom is -0.479 e. The third-order valence-electron chi connectivity index (χ3n) is 5.10. The number of nitrogens with zero attached hydrogens (tertiary/aromatic N) is 2. The van der Waals surface area contributed by atoms with Gasteiger partial charge in [-0.15, -0.1) is 0 Å². The van der Waals surface area contributed by atoms with Gasteiger partial charge < -0.3 is 19.6 Å². The molecule has 0 aromatic carbocycles. The molecule has 0 radical (unpaired) electrons. The van der Waals surface area contributed by atoms with E-state index in [1.165, 1.54) is 25.7 Å². The zero-order chi connectivity index (χ0) is 14.8. The maximum Gasteiger partial charge on any atom is 0.334 e. The van der Waals surface area contributed by atoms with Crippen molar-refractivity contribution in [1.29, 1.82) is 0 Å². The quantitative estimate of drug-likeness (QED) is 0.797. The van der Waals surface area contributed by atoms with Crippen LogP contribution in [-0.2, 0) is 9.53 Å². The molecule has 0 bridgehead atoms. The highest BCUT2D eigenvalue weighted by atomic mass is 16.5. The molecule has 3 rings (SSSR count). The summed E-state index contributed by atoms with van der Waals surface area (Å²) in [7, 11) is 0. The first kappa shape index (κ1) is 14.6. The van der Waals surface area contributed by atoms with Crippen LogP contribution in [-0.4, -0.2) is 65.3 Å². The summed E-state index contributed by atoms with van der Waals surface area (Å²) in [5, 5.41) is 9.06. The highest BCUT2D eigenvalue weighted by Gasteiger charge is 2.39. The van der Waals surface area contributed by atoms with Crippen LogP contribution in [0.5, 0.6) is 0 Å². The monoisotopic (exact) mass is 296 g/mol. The number of piperidine rings is 1. The molecule has 2 amide bonds. The molecule has 2 aliphatic heterocycles. The SMILES string of the molecule is O=C(O)C1CN(C(=O)N2CCCC3CCCCC32)CCO1. The third kappa shape index (κ3) is 3.00. The molecule has 3 aliphatic rings. The van der Waals surface area contributed by atoms with E-state index in [0.717, 1.165) is 19.4 Å². The summed E-state index contributed by atoms with van der Waals surface area (Å²) < 4.78 is 5.20. The van der Waals surface area contributed by atoms with Crippen LogP contribution in [0.2, 0.25) is 0 Å². The fourth-order valence-electron chi connectivity index (χ4n) is 4.02. The lowest BCUT2D eigenvalue weighted by molar-refractivity contribution is -0.154. The molecule has 2 heterocycles. The van der Waals surface area contributed by atoms with Crippen molar-refractivity contribution in [1.82, 2.24) is 9.80 Å². The standard InChI is InChI=1S/C15H24N2O4/c18-14(19)13-10-16(8-9-21-13)15(20)17-7-3-5-11-4-1-2-6-12(11)17/h11-13H,1-10H2,(H,18,19). The molecule has 1 N–H and O–H groups in total. The topological polar surface area (TPSA) is 70.1 Å². The summed E-state index contributed by atoms with van der Waals surface area (Å²) in [6, 6.07) is 0.382. The van der Waals surface area contributed by atoms with Gasteiger partial charge in [0.25, 0.3) is 0 Å². The number of amides is 2. The number of fused-ring (bicyclic) bond motifs is 1. The van der Waals surface area contributed by atoms with Crippen molar-refractivity contribution in [3.8, 4) is 0 Å². The van der Waals surface area contributed by atoms with E-state index in [-0.39, 0.29) is 12.6 Å². The van der Waals surface area contributed by atoms with Gasteiger partial charge in [-0.05, 0) is 31.6 Å². The zero-order valence-electron chi connectivity index (χ0n) is 12.4. The normalized spacial score (nSPS) is 33.4. The second-order valence-corrected chi connectivity index (χ2v) is 6.37. The number of morpholine rings is 1. The number of hydrogen-bond donors (Lipinski definition) is 1. The number of rotatable bonds is 1. The van der Waals surface area contributed by atoms with E-state index < -0.39 is 12.1 Å². The van der Waals surface area contributed by atoms with Crippen molar-refractivity contribution in [3.05, 3.63) is 0 Å². The smallest absolute Gasteiger partial charge is 0.334 e. The lowest BCUT2D eigenvalue weighted by Gasteiger charge is -2.46. The molecular weight excluding hydrogens is 272 g/mol. The van der Waals surface area contributed by atoms with Gasteiger partial charge in [-0.1, -0.05) is 12.8 Å². The molecule has 1 saturated carbocycles. The molecule has 6 nitrogen and oxygen atoms in total. The van der Waals surface area contributed by atoms with E-state index in [9.17, 15) is 9.59 Å². The summed E-state index contributed by atoms with van der Waals surface area (Å²) in [6.07, 6.45) is 6.23. The van der Waals surface area contributed by atoms with Crippen molar-refractivity contribution < 1.29 is 19.4 Å². The summed E-state index contributed by atoms with van der Waals surface area (Å²) in [6.45, 7) is 1.79. The lowest BCUT2D eigenvalue weighted by Crippen LogP contribution is -2.58. The van der Waals surface area contributed by atoms with E-state index in [1.807, 2.05) is 4.90 Å². The predicted molar refractivity (Wildman–Crippen MR) is 76.0 cm³/mol. The molecule has 3 atom stereocenters. The highest BCUT2D eigenvalue weighted by molar-refractivity contribution is 5.78. The maximum atomic E-state index is 12.8. The van der Waals surface area contributed by atoms with Crippen molar-refractivity contribution >= 4 is 12.0 Å². The van der Waals surface area contributed by atoms with E-state index in [4.69, 9.17) is 9.84 Å². The Morgan fingerprint density at radius 3 is 2.62 bits per heavy atom. The van der Waals surface area contributed by atoms with Gasteiger partial charge in [-0.2, -0.15) is 0 Å². The van der Waals surface area contributed by atoms with E-state index >= 15 is 0 Å². The minimum atomic E-state index is -0.985. The number of ether oxygens (including phenoxy) is 1. The molecular formula is C15H24N2O4. The van der Waals surface area contributed by atoms with Crippen LogP contribution in [0.1, 0.15) is 38.5 Å². The molecule has 0 aromatic heterocycles. The number of aliphatic carboxylic acids is 1. The van der Waals surface area contributed by atoms with Crippen molar-refractivity contribution in [2.24, 2.45) is 5.92 Å². The Balaban J connectivity index is 1.67. The molecule has 3 fully saturated rings. The summed E-state index contributed by atoms with van der Waals surface area (Å²) in [5.41, 5.74) is 0. The Bertz CT molecular complexity index is 412. The Morgan fingerprint density at radius 2 is 1.81 bits per heavy atom. The highest BCUT2D eigenvalue weighted by Crippen LogP contribution is 2.35. The van der Waals surface area contributed by atoms with Crippen LogP contribution < -0.4 is 0 Å². The number of urea groups is 1. The summed E-state index contributed by atoms with van der Waals surface area (Å²) >= 11 is 0. The van der Waals surface area contributed by atoms with Crippen LogP contribution in [0.3, 0.4) is 0 Å². The van der Waals surface area contributed by atoms with Crippen molar-refractivity contribution in [2.75, 3.05) is 26.2 Å². The Labute approximate surface area is 125 Å². The molecule has 0 spiro atoms. The second kappa shape index (κ2) is 6.22. The average molecular weight is 296 g/mol. The van der Waals surface area contributed by atoms with Gasteiger partial charge in [0.15, 0.2) is 6.10 Å². The number of hydrogen-bond acceptors (Lipinski definition) is 3.